The standard InChI is InChI=1S/Li.2H3N.2H3O4P.H/c;;;2*1-5(2,3)4;/h;2*1H3;2*(H3,1,2,3,4);/q+1;;;;;-1. The van der Waals surface area contributed by atoms with Gasteiger partial charge in [0.05, 0.1) is 0 Å². The monoisotopic (exact) mass is 238 g/mol. The third-order valence-electron chi connectivity index (χ3n) is 0. The molecule has 0 aromatic heterocycles. The Labute approximate surface area is 87.3 Å². The van der Waals surface area contributed by atoms with Gasteiger partial charge in [0.1, 0.15) is 0 Å². The van der Waals surface area contributed by atoms with Gasteiger partial charge in [0.15, 0.2) is 0 Å². The molecule has 0 radical (unpaired) electrons. The summed E-state index contributed by atoms with van der Waals surface area (Å²) in [6.07, 6.45) is 0. The zero-order chi connectivity index (χ0) is 9.00. The first-order chi connectivity index (χ1) is 4.00. The van der Waals surface area contributed by atoms with E-state index in [4.69, 9.17) is 38.5 Å². The molecule has 0 saturated carbocycles. The molecule has 0 unspecified atom stereocenters. The van der Waals surface area contributed by atoms with Crippen molar-refractivity contribution < 1.29 is 58.8 Å². The number of hydrogen-bond donors (Lipinski definition) is 8. The average molecular weight is 238 g/mol. The molecule has 13 heavy (non-hydrogen) atoms. The van der Waals surface area contributed by atoms with Crippen molar-refractivity contribution in [3.63, 3.8) is 0 Å². The molecule has 82 valence electrons. The fourth-order valence-electron chi connectivity index (χ4n) is 0. The molecule has 0 bridgehead atoms. The Kier molecular flexibility index (Phi) is 24.3. The van der Waals surface area contributed by atoms with Gasteiger partial charge in [-0.3, -0.25) is 0 Å². The molecule has 10 nitrogen and oxygen atoms in total. The van der Waals surface area contributed by atoms with Crippen molar-refractivity contribution in [2.24, 2.45) is 0 Å². The van der Waals surface area contributed by atoms with E-state index < -0.39 is 15.6 Å². The van der Waals surface area contributed by atoms with Gasteiger partial charge in [0.2, 0.25) is 0 Å². The van der Waals surface area contributed by atoms with Crippen LogP contribution in [0, 0.1) is 0 Å². The average Bonchev–Trinajstić information content (AvgIpc) is 1.12. The van der Waals surface area contributed by atoms with Crippen molar-refractivity contribution in [1.82, 2.24) is 12.3 Å². The van der Waals surface area contributed by atoms with Gasteiger partial charge in [-0.05, 0) is 0 Å². The molecule has 0 aliphatic carbocycles. The predicted molar refractivity (Wildman–Crippen MR) is 39.7 cm³/mol. The summed E-state index contributed by atoms with van der Waals surface area (Å²) in [5, 5.41) is 0. The Morgan fingerprint density at radius 2 is 0.692 bits per heavy atom. The minimum absolute atomic E-state index is 0. The Balaban J connectivity index is -0.0000000178. The Morgan fingerprint density at radius 3 is 0.692 bits per heavy atom. The van der Waals surface area contributed by atoms with E-state index in [1.54, 1.807) is 0 Å². The molecule has 0 spiro atoms. The normalized spacial score (nSPS) is 9.08. The van der Waals surface area contributed by atoms with Crippen LogP contribution >= 0.6 is 15.6 Å². The largest absolute Gasteiger partial charge is 1.00 e. The summed E-state index contributed by atoms with van der Waals surface area (Å²) in [7, 11) is -9.28. The summed E-state index contributed by atoms with van der Waals surface area (Å²) in [6, 6.07) is 0. The molecular formula is H13LiN2O8P2. The van der Waals surface area contributed by atoms with Crippen LogP contribution in [0.3, 0.4) is 0 Å². The van der Waals surface area contributed by atoms with Crippen LogP contribution < -0.4 is 31.2 Å². The van der Waals surface area contributed by atoms with E-state index in [1.165, 1.54) is 0 Å². The molecule has 12 N–H and O–H groups in total. The Morgan fingerprint density at radius 1 is 0.692 bits per heavy atom. The maximum absolute atomic E-state index is 8.88. The molecule has 0 rings (SSSR count). The topological polar surface area (TPSA) is 226 Å². The van der Waals surface area contributed by atoms with Crippen LogP contribution in [0.25, 0.3) is 0 Å². The summed E-state index contributed by atoms with van der Waals surface area (Å²) >= 11 is 0. The second-order valence-corrected chi connectivity index (χ2v) is 3.08. The van der Waals surface area contributed by atoms with Crippen molar-refractivity contribution in [2.45, 2.75) is 0 Å². The molecule has 0 aromatic rings. The molecule has 0 aromatic carbocycles. The van der Waals surface area contributed by atoms with E-state index >= 15 is 0 Å². The fraction of sp³-hybridized carbons (Fsp3) is 0. The molecular weight excluding hydrogens is 225 g/mol. The van der Waals surface area contributed by atoms with Crippen LogP contribution in [0.15, 0.2) is 0 Å². The van der Waals surface area contributed by atoms with Gasteiger partial charge in [0.25, 0.3) is 0 Å². The molecule has 0 atom stereocenters. The van der Waals surface area contributed by atoms with E-state index in [-0.39, 0.29) is 32.6 Å². The first-order valence-electron chi connectivity index (χ1n) is 1.57. The summed E-state index contributed by atoms with van der Waals surface area (Å²) in [5.41, 5.74) is 0. The van der Waals surface area contributed by atoms with Gasteiger partial charge >= 0.3 is 34.5 Å². The summed E-state index contributed by atoms with van der Waals surface area (Å²) in [5.74, 6) is 0. The third kappa shape index (κ3) is 2700. The predicted octanol–water partition coefficient (Wildman–Crippen LogP) is -4.42. The van der Waals surface area contributed by atoms with Crippen LogP contribution in [0.1, 0.15) is 1.43 Å². The van der Waals surface area contributed by atoms with Crippen LogP contribution in [0.5, 0.6) is 0 Å². The SMILES string of the molecule is N.N.O=P(O)(O)O.O=P(O)(O)O.[H-].[Li+]. The second-order valence-electron chi connectivity index (χ2n) is 1.03. The Hall–Kier alpha value is 0.737. The summed E-state index contributed by atoms with van der Waals surface area (Å²) in [6.45, 7) is 0. The molecule has 13 heteroatoms. The van der Waals surface area contributed by atoms with Crippen LogP contribution in [0.4, 0.5) is 0 Å². The van der Waals surface area contributed by atoms with Crippen LogP contribution in [-0.2, 0) is 9.13 Å². The smallest absolute Gasteiger partial charge is 1.00 e. The zero-order valence-electron chi connectivity index (χ0n) is 7.81. The maximum Gasteiger partial charge on any atom is 1.00 e. The van der Waals surface area contributed by atoms with E-state index in [0.29, 0.717) is 0 Å². The first-order valence-corrected chi connectivity index (χ1v) is 4.70. The second kappa shape index (κ2) is 10.8. The molecule has 0 amide bonds. The molecule has 0 fully saturated rings. The minimum Gasteiger partial charge on any atom is -1.00 e. The molecule has 0 aliphatic rings. The van der Waals surface area contributed by atoms with Gasteiger partial charge in [-0.1, -0.05) is 0 Å². The van der Waals surface area contributed by atoms with Gasteiger partial charge in [-0.15, -0.1) is 0 Å². The van der Waals surface area contributed by atoms with Crippen molar-refractivity contribution in [3.05, 3.63) is 0 Å². The van der Waals surface area contributed by atoms with Crippen molar-refractivity contribution in [1.29, 1.82) is 0 Å². The third-order valence-corrected chi connectivity index (χ3v) is 0. The summed E-state index contributed by atoms with van der Waals surface area (Å²) in [4.78, 5) is 43.1. The van der Waals surface area contributed by atoms with E-state index in [0.717, 1.165) is 0 Å². The van der Waals surface area contributed by atoms with E-state index in [9.17, 15) is 0 Å². The first kappa shape index (κ1) is 29.2. The number of hydrogen-bond acceptors (Lipinski definition) is 4. The van der Waals surface area contributed by atoms with Gasteiger partial charge < -0.3 is 43.1 Å². The van der Waals surface area contributed by atoms with Crippen LogP contribution in [0.2, 0.25) is 0 Å². The van der Waals surface area contributed by atoms with Crippen molar-refractivity contribution in [2.75, 3.05) is 0 Å². The summed E-state index contributed by atoms with van der Waals surface area (Å²) < 4.78 is 17.8. The zero-order valence-corrected chi connectivity index (χ0v) is 8.60. The van der Waals surface area contributed by atoms with E-state index in [2.05, 4.69) is 0 Å². The minimum atomic E-state index is -4.64. The van der Waals surface area contributed by atoms with Gasteiger partial charge in [0, 0.05) is 0 Å². The van der Waals surface area contributed by atoms with E-state index in [1.807, 2.05) is 0 Å². The quantitative estimate of drug-likeness (QED) is 0.149. The van der Waals surface area contributed by atoms with Gasteiger partial charge in [-0.25, -0.2) is 9.13 Å². The maximum atomic E-state index is 8.88. The molecule has 0 heterocycles. The molecule has 0 saturated heterocycles. The number of phosphoric acid groups is 2. The van der Waals surface area contributed by atoms with Gasteiger partial charge in [-0.2, -0.15) is 0 Å². The van der Waals surface area contributed by atoms with Crippen molar-refractivity contribution in [3.8, 4) is 0 Å². The Bertz CT molecular complexity index is 138. The van der Waals surface area contributed by atoms with Crippen LogP contribution in [-0.4, -0.2) is 29.4 Å². The number of rotatable bonds is 0. The van der Waals surface area contributed by atoms with Crippen molar-refractivity contribution >= 4 is 15.6 Å². The fourth-order valence-corrected chi connectivity index (χ4v) is 0. The molecule has 0 aliphatic heterocycles.